The van der Waals surface area contributed by atoms with Crippen molar-refractivity contribution in [3.63, 3.8) is 0 Å². The number of rotatable bonds is 1. The first-order valence-electron chi connectivity index (χ1n) is 6.91. The summed E-state index contributed by atoms with van der Waals surface area (Å²) in [5, 5.41) is 8.99. The van der Waals surface area contributed by atoms with Crippen molar-refractivity contribution in [1.29, 1.82) is 0 Å². The largest absolute Gasteiger partial charge is 0.465 e. The van der Waals surface area contributed by atoms with E-state index < -0.39 is 6.09 Å². The highest BCUT2D eigenvalue weighted by Gasteiger charge is 2.30. The van der Waals surface area contributed by atoms with Crippen LogP contribution in [0.1, 0.15) is 30.1 Å². The molecule has 1 aromatic rings. The number of fused-ring (bicyclic) bond motifs is 1. The molecule has 1 amide bonds. The van der Waals surface area contributed by atoms with Gasteiger partial charge < -0.3 is 10.0 Å². The summed E-state index contributed by atoms with van der Waals surface area (Å²) < 4.78 is 0. The van der Waals surface area contributed by atoms with Gasteiger partial charge in [-0.15, -0.1) is 0 Å². The molecule has 2 aliphatic rings. The van der Waals surface area contributed by atoms with Crippen LogP contribution in [0.3, 0.4) is 0 Å². The molecule has 19 heavy (non-hydrogen) atoms. The SMILES string of the molecule is O=C(O)N1CCN([C@H]2CCCc3cccnc32)CC1. The van der Waals surface area contributed by atoms with Crippen LogP contribution >= 0.6 is 0 Å². The van der Waals surface area contributed by atoms with Crippen LogP contribution in [0.4, 0.5) is 4.79 Å². The van der Waals surface area contributed by atoms with E-state index in [4.69, 9.17) is 5.11 Å². The maximum atomic E-state index is 10.9. The molecule has 1 saturated heterocycles. The molecule has 5 heteroatoms. The minimum Gasteiger partial charge on any atom is -0.465 e. The molecule has 1 aromatic heterocycles. The van der Waals surface area contributed by atoms with Crippen molar-refractivity contribution in [2.75, 3.05) is 26.2 Å². The molecule has 5 nitrogen and oxygen atoms in total. The highest BCUT2D eigenvalue weighted by atomic mass is 16.4. The Hall–Kier alpha value is -1.62. The fraction of sp³-hybridized carbons (Fsp3) is 0.571. The summed E-state index contributed by atoms with van der Waals surface area (Å²) in [5.74, 6) is 0. The van der Waals surface area contributed by atoms with Crippen molar-refractivity contribution in [2.24, 2.45) is 0 Å². The smallest absolute Gasteiger partial charge is 0.407 e. The van der Waals surface area contributed by atoms with Gasteiger partial charge >= 0.3 is 6.09 Å². The second-order valence-corrected chi connectivity index (χ2v) is 5.26. The molecule has 3 rings (SSSR count). The van der Waals surface area contributed by atoms with Crippen LogP contribution in [0.5, 0.6) is 0 Å². The van der Waals surface area contributed by atoms with E-state index in [9.17, 15) is 4.79 Å². The van der Waals surface area contributed by atoms with Crippen LogP contribution in [-0.4, -0.2) is 52.2 Å². The normalized spacial score (nSPS) is 24.0. The summed E-state index contributed by atoms with van der Waals surface area (Å²) in [6.45, 7) is 2.84. The van der Waals surface area contributed by atoms with Gasteiger partial charge in [0, 0.05) is 32.4 Å². The van der Waals surface area contributed by atoms with E-state index in [1.54, 1.807) is 0 Å². The minimum atomic E-state index is -0.804. The zero-order valence-corrected chi connectivity index (χ0v) is 11.0. The lowest BCUT2D eigenvalue weighted by Crippen LogP contribution is -2.49. The predicted octanol–water partition coefficient (Wildman–Crippen LogP) is 1.75. The van der Waals surface area contributed by atoms with Gasteiger partial charge in [0.2, 0.25) is 0 Å². The molecule has 0 bridgehead atoms. The van der Waals surface area contributed by atoms with Crippen molar-refractivity contribution in [1.82, 2.24) is 14.8 Å². The van der Waals surface area contributed by atoms with E-state index in [0.29, 0.717) is 19.1 Å². The maximum absolute atomic E-state index is 10.9. The fourth-order valence-electron chi connectivity index (χ4n) is 3.17. The molecule has 102 valence electrons. The van der Waals surface area contributed by atoms with E-state index in [0.717, 1.165) is 25.9 Å². The third-order valence-corrected chi connectivity index (χ3v) is 4.19. The highest BCUT2D eigenvalue weighted by Crippen LogP contribution is 2.33. The van der Waals surface area contributed by atoms with Gasteiger partial charge in [-0.05, 0) is 30.9 Å². The number of hydrogen-bond donors (Lipinski definition) is 1. The van der Waals surface area contributed by atoms with Crippen molar-refractivity contribution in [3.05, 3.63) is 29.6 Å². The number of carbonyl (C=O) groups is 1. The van der Waals surface area contributed by atoms with Crippen LogP contribution in [0.15, 0.2) is 18.3 Å². The highest BCUT2D eigenvalue weighted by molar-refractivity contribution is 5.65. The quantitative estimate of drug-likeness (QED) is 0.837. The average Bonchev–Trinajstić information content (AvgIpc) is 2.47. The average molecular weight is 261 g/mol. The van der Waals surface area contributed by atoms with Gasteiger partial charge in [-0.25, -0.2) is 4.79 Å². The molecule has 1 N–H and O–H groups in total. The number of aryl methyl sites for hydroxylation is 1. The summed E-state index contributed by atoms with van der Waals surface area (Å²) in [7, 11) is 0. The summed E-state index contributed by atoms with van der Waals surface area (Å²) in [4.78, 5) is 19.4. The van der Waals surface area contributed by atoms with Crippen LogP contribution in [0.2, 0.25) is 0 Å². The summed E-state index contributed by atoms with van der Waals surface area (Å²) in [6, 6.07) is 4.55. The second-order valence-electron chi connectivity index (χ2n) is 5.26. The van der Waals surface area contributed by atoms with Crippen molar-refractivity contribution in [2.45, 2.75) is 25.3 Å². The van der Waals surface area contributed by atoms with Crippen molar-refractivity contribution < 1.29 is 9.90 Å². The second kappa shape index (κ2) is 5.17. The molecule has 0 saturated carbocycles. The Morgan fingerprint density at radius 1 is 1.32 bits per heavy atom. The van der Waals surface area contributed by atoms with Crippen LogP contribution in [0.25, 0.3) is 0 Å². The summed E-state index contributed by atoms with van der Waals surface area (Å²) >= 11 is 0. The monoisotopic (exact) mass is 261 g/mol. The predicted molar refractivity (Wildman–Crippen MR) is 71.1 cm³/mol. The number of hydrogen-bond acceptors (Lipinski definition) is 3. The first-order chi connectivity index (χ1) is 9.25. The summed E-state index contributed by atoms with van der Waals surface area (Å²) in [5.41, 5.74) is 2.57. The van der Waals surface area contributed by atoms with Crippen molar-refractivity contribution >= 4 is 6.09 Å². The Balaban J connectivity index is 1.73. The number of amides is 1. The van der Waals surface area contributed by atoms with Crippen LogP contribution in [0, 0.1) is 0 Å². The van der Waals surface area contributed by atoms with E-state index >= 15 is 0 Å². The standard InChI is InChI=1S/C14H19N3O2/c18-14(19)17-9-7-16(8-10-17)12-5-1-3-11-4-2-6-15-13(11)12/h2,4,6,12H,1,3,5,7-10H2,(H,18,19)/t12-/m0/s1. The fourth-order valence-corrected chi connectivity index (χ4v) is 3.17. The lowest BCUT2D eigenvalue weighted by atomic mass is 9.90. The number of piperazine rings is 1. The Labute approximate surface area is 112 Å². The first-order valence-corrected chi connectivity index (χ1v) is 6.91. The van der Waals surface area contributed by atoms with Gasteiger partial charge in [-0.2, -0.15) is 0 Å². The number of aromatic nitrogens is 1. The summed E-state index contributed by atoms with van der Waals surface area (Å²) in [6.07, 6.45) is 4.51. The van der Waals surface area contributed by atoms with Gasteiger partial charge in [0.15, 0.2) is 0 Å². The number of pyridine rings is 1. The molecule has 0 unspecified atom stereocenters. The van der Waals surface area contributed by atoms with E-state index in [1.807, 2.05) is 12.3 Å². The Morgan fingerprint density at radius 3 is 2.84 bits per heavy atom. The van der Waals surface area contributed by atoms with Gasteiger partial charge in [0.05, 0.1) is 11.7 Å². The molecule has 0 radical (unpaired) electrons. The lowest BCUT2D eigenvalue weighted by Gasteiger charge is -2.40. The molecule has 1 fully saturated rings. The molecule has 1 aliphatic heterocycles. The Kier molecular flexibility index (Phi) is 3.38. The van der Waals surface area contributed by atoms with Crippen LogP contribution < -0.4 is 0 Å². The zero-order chi connectivity index (χ0) is 13.2. The van der Waals surface area contributed by atoms with Gasteiger partial charge in [-0.3, -0.25) is 9.88 Å². The maximum Gasteiger partial charge on any atom is 0.407 e. The lowest BCUT2D eigenvalue weighted by molar-refractivity contribution is 0.0784. The van der Waals surface area contributed by atoms with Crippen LogP contribution in [-0.2, 0) is 6.42 Å². The number of carboxylic acid groups (broad SMARTS) is 1. The third kappa shape index (κ3) is 2.42. The number of nitrogens with zero attached hydrogens (tertiary/aromatic N) is 3. The van der Waals surface area contributed by atoms with Gasteiger partial charge in [-0.1, -0.05) is 6.07 Å². The molecule has 0 aromatic carbocycles. The minimum absolute atomic E-state index is 0.376. The van der Waals surface area contributed by atoms with Gasteiger partial charge in [0.1, 0.15) is 0 Å². The topological polar surface area (TPSA) is 56.7 Å². The molecular weight excluding hydrogens is 242 g/mol. The molecule has 0 spiro atoms. The molecule has 2 heterocycles. The third-order valence-electron chi connectivity index (χ3n) is 4.19. The molecular formula is C14H19N3O2. The van der Waals surface area contributed by atoms with Crippen molar-refractivity contribution in [3.8, 4) is 0 Å². The Bertz CT molecular complexity index is 470. The van der Waals surface area contributed by atoms with E-state index in [-0.39, 0.29) is 0 Å². The molecule has 1 atom stereocenters. The molecule has 1 aliphatic carbocycles. The first kappa shape index (κ1) is 12.4. The van der Waals surface area contributed by atoms with Gasteiger partial charge in [0.25, 0.3) is 0 Å². The zero-order valence-electron chi connectivity index (χ0n) is 11.0. The van der Waals surface area contributed by atoms with E-state index in [1.165, 1.54) is 22.6 Å². The van der Waals surface area contributed by atoms with E-state index in [2.05, 4.69) is 16.0 Å². The Morgan fingerprint density at radius 2 is 2.11 bits per heavy atom.